The van der Waals surface area contributed by atoms with E-state index in [4.69, 9.17) is 0 Å². The van der Waals surface area contributed by atoms with Gasteiger partial charge in [-0.25, -0.2) is 31.1 Å². The number of rotatable bonds is 3. The quantitative estimate of drug-likeness (QED) is 0.244. The molecule has 0 spiro atoms. The van der Waals surface area contributed by atoms with E-state index in [1.165, 1.54) is 6.07 Å². The van der Waals surface area contributed by atoms with Crippen LogP contribution in [0, 0.1) is 23.3 Å². The fourth-order valence-corrected chi connectivity index (χ4v) is 2.77. The van der Waals surface area contributed by atoms with Crippen LogP contribution in [-0.2, 0) is 15.4 Å². The molecule has 0 aromatic heterocycles. The van der Waals surface area contributed by atoms with Gasteiger partial charge in [-0.15, -0.1) is 0 Å². The third-order valence-corrected chi connectivity index (χ3v) is 4.12. The average Bonchev–Trinajstić information content (AvgIpc) is 2.87. The van der Waals surface area contributed by atoms with Crippen LogP contribution in [0.25, 0.3) is 0 Å². The van der Waals surface area contributed by atoms with E-state index in [2.05, 4.69) is 9.69 Å². The molecular weight excluding hydrogens is 394 g/mol. The van der Waals surface area contributed by atoms with Crippen molar-refractivity contribution in [1.82, 2.24) is 0 Å². The number of alkyl halides is 4. The number of benzene rings is 2. The van der Waals surface area contributed by atoms with Crippen LogP contribution in [0.5, 0.6) is 0 Å². The predicted octanol–water partition coefficient (Wildman–Crippen LogP) is 4.72. The van der Waals surface area contributed by atoms with Gasteiger partial charge in [0.25, 0.3) is 5.57 Å². The van der Waals surface area contributed by atoms with Crippen molar-refractivity contribution >= 4 is 7.19 Å². The Labute approximate surface area is 145 Å². The van der Waals surface area contributed by atoms with E-state index in [9.17, 15) is 30.7 Å². The molecule has 3 rings (SSSR count). The van der Waals surface area contributed by atoms with Crippen molar-refractivity contribution in [2.75, 3.05) is 0 Å². The van der Waals surface area contributed by atoms with Crippen molar-refractivity contribution in [3.8, 4) is 0 Å². The summed E-state index contributed by atoms with van der Waals surface area (Å²) in [5, 5.41) is 0. The normalized spacial score (nSPS) is 24.1. The lowest BCUT2D eigenvalue weighted by molar-refractivity contribution is -0.395. The molecule has 2 nitrogen and oxygen atoms in total. The first-order valence-corrected chi connectivity index (χ1v) is 7.11. The van der Waals surface area contributed by atoms with Gasteiger partial charge in [0.15, 0.2) is 23.3 Å². The third-order valence-electron chi connectivity index (χ3n) is 4.12. The Kier molecular flexibility index (Phi) is 4.46. The van der Waals surface area contributed by atoms with E-state index >= 15 is 8.78 Å². The van der Waals surface area contributed by atoms with Crippen molar-refractivity contribution in [3.63, 3.8) is 0 Å². The van der Waals surface area contributed by atoms with E-state index in [1.54, 1.807) is 0 Å². The lowest BCUT2D eigenvalue weighted by Crippen LogP contribution is -2.62. The molecule has 0 N–H and O–H groups in total. The monoisotopic (exact) mass is 400 g/mol. The lowest BCUT2D eigenvalue weighted by Gasteiger charge is -2.37. The van der Waals surface area contributed by atoms with Gasteiger partial charge in [-0.1, -0.05) is 30.3 Å². The number of hydrogen-bond donors (Lipinski definition) is 0. The van der Waals surface area contributed by atoms with Gasteiger partial charge >= 0.3 is 13.3 Å². The second kappa shape index (κ2) is 6.16. The summed E-state index contributed by atoms with van der Waals surface area (Å²) in [6.45, 7) is 0. The summed E-state index contributed by atoms with van der Waals surface area (Å²) < 4.78 is 127. The summed E-state index contributed by atoms with van der Waals surface area (Å²) in [6, 6.07) is 4.03. The fourth-order valence-electron chi connectivity index (χ4n) is 2.77. The van der Waals surface area contributed by atoms with Crippen molar-refractivity contribution in [3.05, 3.63) is 70.8 Å². The summed E-state index contributed by atoms with van der Waals surface area (Å²) in [5.74, 6) is -9.76. The zero-order chi connectivity index (χ0) is 20.2. The van der Waals surface area contributed by atoms with Crippen molar-refractivity contribution in [2.24, 2.45) is 0 Å². The molecule has 0 aliphatic carbocycles. The SMILES string of the molecule is FB1OOC(F)(F)C1(F)C(F)(c1ccccc1)c1cc(F)c(F)c(F)c1F. The first kappa shape index (κ1) is 19.6. The molecule has 0 radical (unpaired) electrons. The molecule has 12 heteroatoms. The van der Waals surface area contributed by atoms with Crippen LogP contribution in [0.3, 0.4) is 0 Å². The molecule has 0 amide bonds. The Hall–Kier alpha value is -2.21. The Morgan fingerprint density at radius 2 is 1.48 bits per heavy atom. The summed E-state index contributed by atoms with van der Waals surface area (Å²) in [4.78, 5) is 6.56. The van der Waals surface area contributed by atoms with Crippen LogP contribution in [0.15, 0.2) is 36.4 Å². The third kappa shape index (κ3) is 2.46. The highest BCUT2D eigenvalue weighted by molar-refractivity contribution is 6.49. The van der Waals surface area contributed by atoms with Gasteiger partial charge in [0.05, 0.1) is 0 Å². The van der Waals surface area contributed by atoms with Gasteiger partial charge in [-0.2, -0.15) is 13.7 Å². The minimum absolute atomic E-state index is 0.386. The second-order valence-corrected chi connectivity index (χ2v) is 5.60. The lowest BCUT2D eigenvalue weighted by atomic mass is 9.58. The van der Waals surface area contributed by atoms with Crippen LogP contribution in [0.4, 0.5) is 39.4 Å². The highest BCUT2D eigenvalue weighted by Crippen LogP contribution is 2.58. The molecule has 27 heavy (non-hydrogen) atoms. The van der Waals surface area contributed by atoms with Gasteiger partial charge in [0, 0.05) is 5.56 Å². The van der Waals surface area contributed by atoms with Crippen molar-refractivity contribution < 1.29 is 49.1 Å². The van der Waals surface area contributed by atoms with E-state index in [0.29, 0.717) is 12.1 Å². The molecule has 1 heterocycles. The summed E-state index contributed by atoms with van der Waals surface area (Å²) in [7, 11) is -3.84. The number of hydrogen-bond acceptors (Lipinski definition) is 2. The van der Waals surface area contributed by atoms with Crippen LogP contribution >= 0.6 is 0 Å². The minimum atomic E-state index is -5.36. The van der Waals surface area contributed by atoms with Gasteiger partial charge in [-0.3, -0.25) is 4.32 Å². The van der Waals surface area contributed by atoms with Crippen LogP contribution in [0.2, 0.25) is 0 Å². The van der Waals surface area contributed by atoms with Crippen LogP contribution in [0.1, 0.15) is 11.1 Å². The zero-order valence-corrected chi connectivity index (χ0v) is 12.8. The largest absolute Gasteiger partial charge is 0.580 e. The summed E-state index contributed by atoms with van der Waals surface area (Å²) >= 11 is 0. The average molecular weight is 400 g/mol. The van der Waals surface area contributed by atoms with E-state index in [1.807, 2.05) is 0 Å². The first-order chi connectivity index (χ1) is 12.5. The maximum Gasteiger partial charge on any atom is 0.580 e. The standard InChI is InChI=1S/C15H6BF9O2/c17-9-6-8(10(18)12(20)11(9)19)13(21,7-4-2-1-3-5-7)14(22)15(23,24)26-27-16(14)25/h1-6H. The fraction of sp³-hybridized carbons (Fsp3) is 0.200. The molecule has 0 saturated carbocycles. The molecule has 2 unspecified atom stereocenters. The van der Waals surface area contributed by atoms with E-state index in [-0.39, 0.29) is 6.07 Å². The Balaban J connectivity index is 2.42. The van der Waals surface area contributed by atoms with Crippen LogP contribution < -0.4 is 0 Å². The maximum atomic E-state index is 15.9. The van der Waals surface area contributed by atoms with Crippen molar-refractivity contribution in [2.45, 2.75) is 17.3 Å². The highest BCUT2D eigenvalue weighted by atomic mass is 19.3. The highest BCUT2D eigenvalue weighted by Gasteiger charge is 2.83. The summed E-state index contributed by atoms with van der Waals surface area (Å²) in [5.41, 5.74) is -12.9. The smallest absolute Gasteiger partial charge is 0.285 e. The molecule has 1 aliphatic heterocycles. The molecular formula is C15H6BF9O2. The minimum Gasteiger partial charge on any atom is -0.285 e. The van der Waals surface area contributed by atoms with E-state index in [0.717, 1.165) is 12.1 Å². The molecule has 2 atom stereocenters. The molecule has 2 aromatic carbocycles. The van der Waals surface area contributed by atoms with Gasteiger partial charge in [0.1, 0.15) is 0 Å². The van der Waals surface area contributed by atoms with Crippen molar-refractivity contribution in [1.29, 1.82) is 0 Å². The Bertz CT molecular complexity index is 881. The number of halogens is 9. The Morgan fingerprint density at radius 1 is 0.889 bits per heavy atom. The second-order valence-electron chi connectivity index (χ2n) is 5.60. The summed E-state index contributed by atoms with van der Waals surface area (Å²) in [6.07, 6.45) is -5.36. The molecule has 1 aliphatic rings. The Morgan fingerprint density at radius 3 is 2.00 bits per heavy atom. The van der Waals surface area contributed by atoms with Gasteiger partial charge < -0.3 is 0 Å². The molecule has 144 valence electrons. The zero-order valence-electron chi connectivity index (χ0n) is 12.8. The molecule has 2 aromatic rings. The first-order valence-electron chi connectivity index (χ1n) is 7.11. The molecule has 1 fully saturated rings. The van der Waals surface area contributed by atoms with E-state index < -0.39 is 58.9 Å². The van der Waals surface area contributed by atoms with Gasteiger partial charge in [0.2, 0.25) is 5.67 Å². The maximum absolute atomic E-state index is 15.9. The van der Waals surface area contributed by atoms with Gasteiger partial charge in [-0.05, 0) is 11.6 Å². The molecule has 0 bridgehead atoms. The topological polar surface area (TPSA) is 18.5 Å². The molecule has 1 saturated heterocycles. The predicted molar refractivity (Wildman–Crippen MR) is 72.4 cm³/mol. The van der Waals surface area contributed by atoms with Crippen LogP contribution in [-0.4, -0.2) is 18.9 Å².